The van der Waals surface area contributed by atoms with Crippen LogP contribution in [-0.4, -0.2) is 35.1 Å². The zero-order valence-corrected chi connectivity index (χ0v) is 11.5. The summed E-state index contributed by atoms with van der Waals surface area (Å²) in [6.45, 7) is 4.82. The van der Waals surface area contributed by atoms with Crippen LogP contribution in [0.5, 0.6) is 0 Å². The molecule has 0 bridgehead atoms. The quantitative estimate of drug-likeness (QED) is 0.764. The van der Waals surface area contributed by atoms with Gasteiger partial charge in [-0.2, -0.15) is 16.7 Å². The van der Waals surface area contributed by atoms with Crippen LogP contribution in [0, 0.1) is 0 Å². The van der Waals surface area contributed by atoms with Crippen molar-refractivity contribution in [1.29, 1.82) is 0 Å². The van der Waals surface area contributed by atoms with Gasteiger partial charge in [-0.25, -0.2) is 0 Å². The average molecular weight is 259 g/mol. The van der Waals surface area contributed by atoms with E-state index in [9.17, 15) is 0 Å². The SMILES string of the molecule is CCC(C)SCc1noc(CC(CN)OC)n1. The normalized spacial score (nSPS) is 14.8. The molecule has 1 aromatic rings. The Hall–Kier alpha value is -0.590. The van der Waals surface area contributed by atoms with Crippen molar-refractivity contribution in [3.63, 3.8) is 0 Å². The van der Waals surface area contributed by atoms with E-state index in [0.717, 1.165) is 18.0 Å². The van der Waals surface area contributed by atoms with Crippen molar-refractivity contribution in [1.82, 2.24) is 10.1 Å². The molecule has 1 aromatic heterocycles. The Morgan fingerprint density at radius 1 is 1.53 bits per heavy atom. The number of nitrogens with two attached hydrogens (primary N) is 1. The van der Waals surface area contributed by atoms with E-state index >= 15 is 0 Å². The van der Waals surface area contributed by atoms with E-state index in [1.807, 2.05) is 11.8 Å². The maximum atomic E-state index is 5.54. The Balaban J connectivity index is 2.42. The largest absolute Gasteiger partial charge is 0.380 e. The predicted octanol–water partition coefficient (Wildman–Crippen LogP) is 1.62. The molecule has 0 fully saturated rings. The molecule has 1 heterocycles. The van der Waals surface area contributed by atoms with Gasteiger partial charge in [0.15, 0.2) is 5.82 Å². The molecule has 0 amide bonds. The smallest absolute Gasteiger partial charge is 0.229 e. The molecule has 0 spiro atoms. The predicted molar refractivity (Wildman–Crippen MR) is 68.9 cm³/mol. The standard InChI is InChI=1S/C11H21N3O2S/c1-4-8(2)17-7-10-13-11(16-14-10)5-9(6-12)15-3/h8-9H,4-7,12H2,1-3H3. The summed E-state index contributed by atoms with van der Waals surface area (Å²) in [5.74, 6) is 2.14. The number of nitrogens with zero attached hydrogens (tertiary/aromatic N) is 2. The highest BCUT2D eigenvalue weighted by Gasteiger charge is 2.13. The van der Waals surface area contributed by atoms with Crippen LogP contribution in [0.4, 0.5) is 0 Å². The van der Waals surface area contributed by atoms with Crippen molar-refractivity contribution in [3.05, 3.63) is 11.7 Å². The lowest BCUT2D eigenvalue weighted by atomic mass is 10.2. The van der Waals surface area contributed by atoms with Crippen LogP contribution in [-0.2, 0) is 16.9 Å². The number of hydrogen-bond acceptors (Lipinski definition) is 6. The molecule has 6 heteroatoms. The van der Waals surface area contributed by atoms with Gasteiger partial charge in [-0.15, -0.1) is 0 Å². The molecule has 0 aliphatic rings. The van der Waals surface area contributed by atoms with E-state index in [0.29, 0.717) is 24.1 Å². The van der Waals surface area contributed by atoms with Crippen molar-refractivity contribution in [2.24, 2.45) is 5.73 Å². The third kappa shape index (κ3) is 5.06. The van der Waals surface area contributed by atoms with Gasteiger partial charge in [0.1, 0.15) is 0 Å². The van der Waals surface area contributed by atoms with E-state index in [2.05, 4.69) is 24.0 Å². The monoisotopic (exact) mass is 259 g/mol. The van der Waals surface area contributed by atoms with Gasteiger partial charge in [-0.3, -0.25) is 0 Å². The lowest BCUT2D eigenvalue weighted by Gasteiger charge is -2.08. The Labute approximate surface area is 106 Å². The minimum atomic E-state index is -0.0504. The molecule has 2 N–H and O–H groups in total. The van der Waals surface area contributed by atoms with E-state index in [-0.39, 0.29) is 6.10 Å². The molecular formula is C11H21N3O2S. The first-order chi connectivity index (χ1) is 8.19. The van der Waals surface area contributed by atoms with Crippen LogP contribution >= 0.6 is 11.8 Å². The fourth-order valence-electron chi connectivity index (χ4n) is 1.22. The third-order valence-corrected chi connectivity index (χ3v) is 3.91. The summed E-state index contributed by atoms with van der Waals surface area (Å²) in [7, 11) is 1.63. The van der Waals surface area contributed by atoms with Gasteiger partial charge in [0.25, 0.3) is 0 Å². The van der Waals surface area contributed by atoms with E-state index in [1.54, 1.807) is 7.11 Å². The number of ether oxygens (including phenoxy) is 1. The van der Waals surface area contributed by atoms with Crippen LogP contribution in [0.15, 0.2) is 4.52 Å². The van der Waals surface area contributed by atoms with E-state index in [1.165, 1.54) is 0 Å². The lowest BCUT2D eigenvalue weighted by Crippen LogP contribution is -2.24. The summed E-state index contributed by atoms with van der Waals surface area (Å²) in [5, 5.41) is 4.56. The molecule has 0 saturated carbocycles. The van der Waals surface area contributed by atoms with Crippen molar-refractivity contribution in [2.75, 3.05) is 13.7 Å². The second-order valence-electron chi connectivity index (χ2n) is 3.93. The summed E-state index contributed by atoms with van der Waals surface area (Å²) in [6, 6.07) is 0. The van der Waals surface area contributed by atoms with Gasteiger partial charge in [0, 0.05) is 18.9 Å². The first-order valence-corrected chi connectivity index (χ1v) is 6.90. The maximum absolute atomic E-state index is 5.54. The number of aromatic nitrogens is 2. The van der Waals surface area contributed by atoms with Crippen molar-refractivity contribution in [2.45, 2.75) is 43.8 Å². The topological polar surface area (TPSA) is 74.2 Å². The fraction of sp³-hybridized carbons (Fsp3) is 0.818. The first kappa shape index (κ1) is 14.5. The number of rotatable bonds is 8. The number of hydrogen-bond donors (Lipinski definition) is 1. The molecule has 2 atom stereocenters. The molecule has 0 aliphatic carbocycles. The van der Waals surface area contributed by atoms with Gasteiger partial charge in [0.2, 0.25) is 5.89 Å². The second kappa shape index (κ2) is 7.68. The van der Waals surface area contributed by atoms with Crippen molar-refractivity contribution >= 4 is 11.8 Å². The summed E-state index contributed by atoms with van der Waals surface area (Å²) >= 11 is 1.83. The maximum Gasteiger partial charge on any atom is 0.229 e. The van der Waals surface area contributed by atoms with Crippen molar-refractivity contribution in [3.8, 4) is 0 Å². The molecule has 0 aromatic carbocycles. The Morgan fingerprint density at radius 2 is 2.29 bits per heavy atom. The minimum Gasteiger partial charge on any atom is -0.380 e. The minimum absolute atomic E-state index is 0.0504. The molecule has 2 unspecified atom stereocenters. The fourth-order valence-corrected chi connectivity index (χ4v) is 2.01. The summed E-state index contributed by atoms with van der Waals surface area (Å²) in [4.78, 5) is 4.32. The Morgan fingerprint density at radius 3 is 2.88 bits per heavy atom. The highest BCUT2D eigenvalue weighted by molar-refractivity contribution is 7.99. The van der Waals surface area contributed by atoms with Gasteiger partial charge in [-0.1, -0.05) is 19.0 Å². The molecule has 1 rings (SSSR count). The summed E-state index contributed by atoms with van der Waals surface area (Å²) in [5.41, 5.74) is 5.54. The first-order valence-electron chi connectivity index (χ1n) is 5.85. The van der Waals surface area contributed by atoms with Gasteiger partial charge in [-0.05, 0) is 6.42 Å². The van der Waals surface area contributed by atoms with Crippen LogP contribution in [0.25, 0.3) is 0 Å². The Kier molecular flexibility index (Phi) is 6.54. The molecule has 0 saturated heterocycles. The highest BCUT2D eigenvalue weighted by atomic mass is 32.2. The van der Waals surface area contributed by atoms with Gasteiger partial charge in [0.05, 0.1) is 18.3 Å². The Bertz CT molecular complexity index is 315. The van der Waals surface area contributed by atoms with Crippen LogP contribution < -0.4 is 5.73 Å². The molecule has 0 aliphatic heterocycles. The van der Waals surface area contributed by atoms with Gasteiger partial charge < -0.3 is 15.0 Å². The van der Waals surface area contributed by atoms with E-state index in [4.69, 9.17) is 15.0 Å². The second-order valence-corrected chi connectivity index (χ2v) is 5.36. The van der Waals surface area contributed by atoms with Gasteiger partial charge >= 0.3 is 0 Å². The van der Waals surface area contributed by atoms with E-state index < -0.39 is 0 Å². The van der Waals surface area contributed by atoms with Crippen molar-refractivity contribution < 1.29 is 9.26 Å². The molecule has 98 valence electrons. The number of thioether (sulfide) groups is 1. The molecule has 0 radical (unpaired) electrons. The number of methoxy groups -OCH3 is 1. The zero-order chi connectivity index (χ0) is 12.7. The third-order valence-electron chi connectivity index (χ3n) is 2.58. The molecule has 17 heavy (non-hydrogen) atoms. The van der Waals surface area contributed by atoms with Crippen LogP contribution in [0.2, 0.25) is 0 Å². The average Bonchev–Trinajstić information content (AvgIpc) is 2.80. The lowest BCUT2D eigenvalue weighted by molar-refractivity contribution is 0.102. The molecule has 5 nitrogen and oxygen atoms in total. The molecular weight excluding hydrogens is 238 g/mol. The highest BCUT2D eigenvalue weighted by Crippen LogP contribution is 2.18. The zero-order valence-electron chi connectivity index (χ0n) is 10.7. The summed E-state index contributed by atoms with van der Waals surface area (Å²) in [6.07, 6.45) is 1.67. The summed E-state index contributed by atoms with van der Waals surface area (Å²) < 4.78 is 10.3. The van der Waals surface area contributed by atoms with Crippen LogP contribution in [0.3, 0.4) is 0 Å². The van der Waals surface area contributed by atoms with Crippen LogP contribution in [0.1, 0.15) is 32.0 Å².